The van der Waals surface area contributed by atoms with Crippen molar-refractivity contribution in [1.82, 2.24) is 5.32 Å². The van der Waals surface area contributed by atoms with Crippen LogP contribution < -0.4 is 5.32 Å². The first-order valence-corrected chi connectivity index (χ1v) is 9.65. The lowest BCUT2D eigenvalue weighted by Gasteiger charge is -2.21. The van der Waals surface area contributed by atoms with Gasteiger partial charge in [0, 0.05) is 5.56 Å². The Morgan fingerprint density at radius 2 is 1.32 bits per heavy atom. The SMILES string of the molecule is Cc1ccc(C(NC(=O)c2ccc(CO)cc2)c2ccc(C(C)C)cc2)cc1. The molecule has 3 rings (SSSR count). The fourth-order valence-electron chi connectivity index (χ4n) is 3.17. The van der Waals surface area contributed by atoms with Gasteiger partial charge in [-0.3, -0.25) is 4.79 Å². The molecule has 1 unspecified atom stereocenters. The van der Waals surface area contributed by atoms with Crippen LogP contribution in [0.3, 0.4) is 0 Å². The van der Waals surface area contributed by atoms with Crippen molar-refractivity contribution in [1.29, 1.82) is 0 Å². The van der Waals surface area contributed by atoms with Crippen molar-refractivity contribution < 1.29 is 9.90 Å². The molecule has 0 fully saturated rings. The van der Waals surface area contributed by atoms with Crippen LogP contribution in [-0.2, 0) is 6.61 Å². The Morgan fingerprint density at radius 3 is 1.82 bits per heavy atom. The van der Waals surface area contributed by atoms with Crippen LogP contribution in [0, 0.1) is 6.92 Å². The number of hydrogen-bond acceptors (Lipinski definition) is 2. The molecule has 3 nitrogen and oxygen atoms in total. The zero-order valence-electron chi connectivity index (χ0n) is 16.6. The lowest BCUT2D eigenvalue weighted by molar-refractivity contribution is 0.0943. The molecule has 28 heavy (non-hydrogen) atoms. The summed E-state index contributed by atoms with van der Waals surface area (Å²) in [4.78, 5) is 12.9. The summed E-state index contributed by atoms with van der Waals surface area (Å²) in [6, 6.07) is 23.5. The van der Waals surface area contributed by atoms with Crippen LogP contribution in [-0.4, -0.2) is 11.0 Å². The number of amides is 1. The van der Waals surface area contributed by atoms with Gasteiger partial charge in [-0.25, -0.2) is 0 Å². The second-order valence-electron chi connectivity index (χ2n) is 7.49. The molecule has 1 amide bonds. The first-order valence-electron chi connectivity index (χ1n) is 9.65. The number of nitrogens with one attached hydrogen (secondary N) is 1. The summed E-state index contributed by atoms with van der Waals surface area (Å²) in [6.45, 7) is 6.36. The monoisotopic (exact) mass is 373 g/mol. The average molecular weight is 373 g/mol. The highest BCUT2D eigenvalue weighted by Gasteiger charge is 2.18. The Morgan fingerprint density at radius 1 is 0.821 bits per heavy atom. The second kappa shape index (κ2) is 8.85. The zero-order valence-corrected chi connectivity index (χ0v) is 16.6. The van der Waals surface area contributed by atoms with Crippen molar-refractivity contribution in [3.8, 4) is 0 Å². The molecule has 2 N–H and O–H groups in total. The normalized spacial score (nSPS) is 12.0. The Labute approximate surface area is 167 Å². The van der Waals surface area contributed by atoms with Crippen molar-refractivity contribution in [2.75, 3.05) is 0 Å². The van der Waals surface area contributed by atoms with Gasteiger partial charge in [0.05, 0.1) is 12.6 Å². The second-order valence-corrected chi connectivity index (χ2v) is 7.49. The van der Waals surface area contributed by atoms with Crippen LogP contribution in [0.4, 0.5) is 0 Å². The minimum Gasteiger partial charge on any atom is -0.392 e. The summed E-state index contributed by atoms with van der Waals surface area (Å²) >= 11 is 0. The molecular weight excluding hydrogens is 346 g/mol. The van der Waals surface area contributed by atoms with E-state index < -0.39 is 0 Å². The zero-order chi connectivity index (χ0) is 20.1. The van der Waals surface area contributed by atoms with Gasteiger partial charge in [0.25, 0.3) is 5.91 Å². The van der Waals surface area contributed by atoms with Gasteiger partial charge in [0.15, 0.2) is 0 Å². The first kappa shape index (κ1) is 19.8. The predicted molar refractivity (Wildman–Crippen MR) is 113 cm³/mol. The molecule has 144 valence electrons. The van der Waals surface area contributed by atoms with E-state index in [0.29, 0.717) is 11.5 Å². The van der Waals surface area contributed by atoms with E-state index in [9.17, 15) is 9.90 Å². The van der Waals surface area contributed by atoms with E-state index in [4.69, 9.17) is 0 Å². The molecular formula is C25H27NO2. The third kappa shape index (κ3) is 4.68. The predicted octanol–water partition coefficient (Wildman–Crippen LogP) is 5.13. The molecule has 3 aromatic rings. The number of carbonyl (C=O) groups is 1. The van der Waals surface area contributed by atoms with Gasteiger partial charge in [-0.2, -0.15) is 0 Å². The molecule has 1 atom stereocenters. The van der Waals surface area contributed by atoms with Gasteiger partial charge in [0.1, 0.15) is 0 Å². The van der Waals surface area contributed by atoms with E-state index in [1.54, 1.807) is 24.3 Å². The van der Waals surface area contributed by atoms with Crippen molar-refractivity contribution in [2.24, 2.45) is 0 Å². The molecule has 0 spiro atoms. The number of aliphatic hydroxyl groups is 1. The summed E-state index contributed by atoms with van der Waals surface area (Å²) < 4.78 is 0. The molecule has 3 heteroatoms. The van der Waals surface area contributed by atoms with Crippen molar-refractivity contribution in [2.45, 2.75) is 39.3 Å². The minimum absolute atomic E-state index is 0.0317. The fraction of sp³-hybridized carbons (Fsp3) is 0.240. The topological polar surface area (TPSA) is 49.3 Å². The smallest absolute Gasteiger partial charge is 0.252 e. The molecule has 0 aliphatic heterocycles. The maximum Gasteiger partial charge on any atom is 0.252 e. The Kier molecular flexibility index (Phi) is 6.27. The number of carbonyl (C=O) groups excluding carboxylic acids is 1. The summed E-state index contributed by atoms with van der Waals surface area (Å²) in [7, 11) is 0. The number of hydrogen-bond donors (Lipinski definition) is 2. The van der Waals surface area contributed by atoms with Crippen LogP contribution >= 0.6 is 0 Å². The van der Waals surface area contributed by atoms with E-state index in [1.807, 2.05) is 0 Å². The fourth-order valence-corrected chi connectivity index (χ4v) is 3.17. The highest BCUT2D eigenvalue weighted by molar-refractivity contribution is 5.94. The number of benzene rings is 3. The number of rotatable bonds is 6. The van der Waals surface area contributed by atoms with Crippen LogP contribution in [0.15, 0.2) is 72.8 Å². The number of aliphatic hydroxyl groups excluding tert-OH is 1. The van der Waals surface area contributed by atoms with E-state index >= 15 is 0 Å². The van der Waals surface area contributed by atoms with E-state index in [-0.39, 0.29) is 18.6 Å². The van der Waals surface area contributed by atoms with Crippen molar-refractivity contribution in [3.05, 3.63) is 106 Å². The summed E-state index contributed by atoms with van der Waals surface area (Å²) in [5, 5.41) is 12.4. The van der Waals surface area contributed by atoms with E-state index in [2.05, 4.69) is 74.6 Å². The van der Waals surface area contributed by atoms with Crippen molar-refractivity contribution in [3.63, 3.8) is 0 Å². The molecule has 0 aromatic heterocycles. The van der Waals surface area contributed by atoms with Crippen LogP contribution in [0.5, 0.6) is 0 Å². The average Bonchev–Trinajstić information content (AvgIpc) is 2.73. The standard InChI is InChI=1S/C25H27NO2/c1-17(2)20-12-14-22(15-13-20)24(21-8-4-18(3)5-9-21)26-25(28)23-10-6-19(16-27)7-11-23/h4-15,17,24,27H,16H2,1-3H3,(H,26,28). The quantitative estimate of drug-likeness (QED) is 0.629. The Balaban J connectivity index is 1.91. The summed E-state index contributed by atoms with van der Waals surface area (Å²) in [6.07, 6.45) is 0. The molecule has 0 saturated heterocycles. The van der Waals surface area contributed by atoms with Crippen molar-refractivity contribution >= 4 is 5.91 Å². The number of aryl methyl sites for hydroxylation is 1. The molecule has 3 aromatic carbocycles. The van der Waals surface area contributed by atoms with Gasteiger partial charge in [-0.1, -0.05) is 80.1 Å². The molecule has 0 aliphatic rings. The lowest BCUT2D eigenvalue weighted by atomic mass is 9.94. The Hall–Kier alpha value is -2.91. The maximum absolute atomic E-state index is 12.9. The third-order valence-corrected chi connectivity index (χ3v) is 5.02. The van der Waals surface area contributed by atoms with Crippen LogP contribution in [0.25, 0.3) is 0 Å². The van der Waals surface area contributed by atoms with Crippen LogP contribution in [0.2, 0.25) is 0 Å². The summed E-state index contributed by atoms with van der Waals surface area (Å²) in [5.74, 6) is 0.328. The molecule has 0 heterocycles. The van der Waals surface area contributed by atoms with Gasteiger partial charge >= 0.3 is 0 Å². The lowest BCUT2D eigenvalue weighted by Crippen LogP contribution is -2.29. The van der Waals surface area contributed by atoms with E-state index in [0.717, 1.165) is 16.7 Å². The Bertz CT molecular complexity index is 910. The van der Waals surface area contributed by atoms with Gasteiger partial charge < -0.3 is 10.4 Å². The maximum atomic E-state index is 12.9. The highest BCUT2D eigenvalue weighted by Crippen LogP contribution is 2.25. The third-order valence-electron chi connectivity index (χ3n) is 5.02. The van der Waals surface area contributed by atoms with Gasteiger partial charge in [0.2, 0.25) is 0 Å². The van der Waals surface area contributed by atoms with E-state index in [1.165, 1.54) is 11.1 Å². The molecule has 0 saturated carbocycles. The molecule has 0 aliphatic carbocycles. The van der Waals surface area contributed by atoms with Gasteiger partial charge in [-0.05, 0) is 47.2 Å². The summed E-state index contributed by atoms with van der Waals surface area (Å²) in [5.41, 5.74) is 5.92. The first-order chi connectivity index (χ1) is 13.5. The largest absolute Gasteiger partial charge is 0.392 e. The van der Waals surface area contributed by atoms with Crippen LogP contribution in [0.1, 0.15) is 64.0 Å². The van der Waals surface area contributed by atoms with Gasteiger partial charge in [-0.15, -0.1) is 0 Å². The molecule has 0 radical (unpaired) electrons. The molecule has 0 bridgehead atoms. The minimum atomic E-state index is -0.230. The highest BCUT2D eigenvalue weighted by atomic mass is 16.3.